The van der Waals surface area contributed by atoms with Crippen LogP contribution in [0.5, 0.6) is 0 Å². The number of aromatic nitrogens is 1. The van der Waals surface area contributed by atoms with E-state index in [1.54, 1.807) is 30.5 Å². The number of hydrogen-bond donors (Lipinski definition) is 2. The van der Waals surface area contributed by atoms with Crippen LogP contribution < -0.4 is 4.72 Å². The summed E-state index contributed by atoms with van der Waals surface area (Å²) in [7, 11) is -3.84. The van der Waals surface area contributed by atoms with Crippen molar-refractivity contribution in [1.82, 2.24) is 9.71 Å². The van der Waals surface area contributed by atoms with Crippen LogP contribution in [0.1, 0.15) is 38.5 Å². The summed E-state index contributed by atoms with van der Waals surface area (Å²) in [5.41, 5.74) is 0.396. The van der Waals surface area contributed by atoms with E-state index in [4.69, 9.17) is 5.11 Å². The van der Waals surface area contributed by atoms with Crippen molar-refractivity contribution >= 4 is 26.9 Å². The Kier molecular flexibility index (Phi) is 6.97. The fourth-order valence-corrected chi connectivity index (χ4v) is 5.28. The molecular formula is C21H25FN2O4S. The highest BCUT2D eigenvalue weighted by Gasteiger charge is 2.38. The van der Waals surface area contributed by atoms with Gasteiger partial charge in [-0.3, -0.25) is 9.78 Å². The number of sulfonamides is 1. The van der Waals surface area contributed by atoms with Gasteiger partial charge < -0.3 is 5.11 Å². The average Bonchev–Trinajstić information content (AvgIpc) is 3.02. The number of unbranched alkanes of at least 4 members (excludes halogenated alkanes) is 1. The van der Waals surface area contributed by atoms with Crippen LogP contribution in [0.15, 0.2) is 53.6 Å². The van der Waals surface area contributed by atoms with Gasteiger partial charge in [-0.25, -0.2) is 17.5 Å². The summed E-state index contributed by atoms with van der Waals surface area (Å²) in [6.45, 7) is 0. The number of alkyl halides is 1. The highest BCUT2D eigenvalue weighted by molar-refractivity contribution is 7.89. The molecule has 1 aromatic heterocycles. The summed E-state index contributed by atoms with van der Waals surface area (Å²) in [4.78, 5) is 14.8. The molecule has 0 bridgehead atoms. The number of hydrogen-bond acceptors (Lipinski definition) is 4. The molecule has 1 saturated carbocycles. The largest absolute Gasteiger partial charge is 0.481 e. The van der Waals surface area contributed by atoms with Crippen LogP contribution in [0.3, 0.4) is 0 Å². The summed E-state index contributed by atoms with van der Waals surface area (Å²) >= 11 is 0. The van der Waals surface area contributed by atoms with Crippen molar-refractivity contribution in [2.45, 2.75) is 55.6 Å². The van der Waals surface area contributed by atoms with Crippen molar-refractivity contribution in [2.24, 2.45) is 5.92 Å². The summed E-state index contributed by atoms with van der Waals surface area (Å²) in [6.07, 6.45) is 6.54. The van der Waals surface area contributed by atoms with Gasteiger partial charge >= 0.3 is 5.97 Å². The second kappa shape index (κ2) is 9.45. The van der Waals surface area contributed by atoms with Gasteiger partial charge in [-0.15, -0.1) is 0 Å². The number of fused-ring (bicyclic) bond motifs is 1. The Balaban J connectivity index is 1.68. The molecule has 0 aliphatic heterocycles. The van der Waals surface area contributed by atoms with Crippen LogP contribution in [0.4, 0.5) is 4.39 Å². The molecule has 1 aliphatic carbocycles. The second-order valence-electron chi connectivity index (χ2n) is 7.31. The third kappa shape index (κ3) is 5.39. The van der Waals surface area contributed by atoms with E-state index < -0.39 is 34.1 Å². The molecule has 0 unspecified atom stereocenters. The number of nitrogens with zero attached hydrogens (tertiary/aromatic N) is 1. The zero-order valence-corrected chi connectivity index (χ0v) is 16.8. The van der Waals surface area contributed by atoms with E-state index in [0.717, 1.165) is 5.39 Å². The highest BCUT2D eigenvalue weighted by atomic mass is 32.2. The van der Waals surface area contributed by atoms with Gasteiger partial charge in [0, 0.05) is 30.0 Å². The predicted molar refractivity (Wildman–Crippen MR) is 109 cm³/mol. The van der Waals surface area contributed by atoms with E-state index in [9.17, 15) is 17.6 Å². The van der Waals surface area contributed by atoms with E-state index in [-0.39, 0.29) is 11.3 Å². The van der Waals surface area contributed by atoms with Crippen LogP contribution in [0, 0.1) is 5.92 Å². The number of carbonyl (C=O) groups is 1. The molecule has 156 valence electrons. The monoisotopic (exact) mass is 420 g/mol. The van der Waals surface area contributed by atoms with Gasteiger partial charge in [0.05, 0.1) is 5.52 Å². The maximum Gasteiger partial charge on any atom is 0.303 e. The van der Waals surface area contributed by atoms with E-state index in [2.05, 4.69) is 9.71 Å². The minimum Gasteiger partial charge on any atom is -0.481 e. The van der Waals surface area contributed by atoms with Crippen LogP contribution in [0.2, 0.25) is 0 Å². The zero-order valence-electron chi connectivity index (χ0n) is 16.0. The number of carboxylic acids is 1. The number of nitrogens with one attached hydrogen (secondary N) is 1. The van der Waals surface area contributed by atoms with Crippen molar-refractivity contribution in [1.29, 1.82) is 0 Å². The first-order valence-electron chi connectivity index (χ1n) is 9.75. The molecule has 0 spiro atoms. The lowest BCUT2D eigenvalue weighted by atomic mass is 9.98. The van der Waals surface area contributed by atoms with Crippen molar-refractivity contribution in [3.63, 3.8) is 0 Å². The van der Waals surface area contributed by atoms with Gasteiger partial charge in [0.15, 0.2) is 0 Å². The Bertz CT molecular complexity index is 988. The first kappa shape index (κ1) is 21.4. The normalized spacial score (nSPS) is 22.4. The maximum absolute atomic E-state index is 14.4. The summed E-state index contributed by atoms with van der Waals surface area (Å²) < 4.78 is 43.1. The summed E-state index contributed by atoms with van der Waals surface area (Å²) in [5.74, 6) is -1.28. The van der Waals surface area contributed by atoms with Crippen LogP contribution >= 0.6 is 0 Å². The van der Waals surface area contributed by atoms with E-state index >= 15 is 0 Å². The minimum absolute atomic E-state index is 0.0980. The van der Waals surface area contributed by atoms with E-state index in [1.165, 1.54) is 6.07 Å². The molecule has 6 nitrogen and oxygen atoms in total. The number of allylic oxidation sites excluding steroid dienone is 2. The molecule has 3 rings (SSSR count). The van der Waals surface area contributed by atoms with Crippen LogP contribution in [0.25, 0.3) is 10.9 Å². The van der Waals surface area contributed by atoms with Crippen molar-refractivity contribution in [2.75, 3.05) is 0 Å². The molecule has 3 atom stereocenters. The molecule has 2 N–H and O–H groups in total. The molecule has 0 amide bonds. The van der Waals surface area contributed by atoms with Crippen LogP contribution in [-0.2, 0) is 14.8 Å². The average molecular weight is 421 g/mol. The minimum atomic E-state index is -3.84. The Hall–Kier alpha value is -2.32. The lowest BCUT2D eigenvalue weighted by Gasteiger charge is -2.21. The first-order valence-corrected chi connectivity index (χ1v) is 11.2. The number of rotatable bonds is 9. The van der Waals surface area contributed by atoms with Crippen LogP contribution in [-0.4, -0.2) is 36.7 Å². The third-order valence-corrected chi connectivity index (χ3v) is 6.78. The standard InChI is InChI=1S/C21H25FN2O4S/c22-17-12-13-18(16(17)9-3-1-2-4-11-20(25)26)24-29(27,28)19-10-5-7-15-8-6-14-23-21(15)19/h1,3,5-8,10,14,16-18,24H,2,4,9,11-13H2,(H,25,26)/b3-1-/t16-,17+,18-/m0/s1. The summed E-state index contributed by atoms with van der Waals surface area (Å²) in [5, 5.41) is 9.36. The number of carboxylic acid groups (broad SMARTS) is 1. The van der Waals surface area contributed by atoms with Crippen molar-refractivity contribution < 1.29 is 22.7 Å². The first-order chi connectivity index (χ1) is 13.9. The molecule has 0 radical (unpaired) electrons. The lowest BCUT2D eigenvalue weighted by Crippen LogP contribution is -2.38. The van der Waals surface area contributed by atoms with Gasteiger partial charge in [0.2, 0.25) is 10.0 Å². The molecular weight excluding hydrogens is 395 g/mol. The highest BCUT2D eigenvalue weighted by Crippen LogP contribution is 2.33. The zero-order chi connectivity index (χ0) is 20.9. The maximum atomic E-state index is 14.4. The number of aliphatic carboxylic acids is 1. The van der Waals surface area contributed by atoms with Crippen molar-refractivity contribution in [3.05, 3.63) is 48.7 Å². The molecule has 0 saturated heterocycles. The Morgan fingerprint density at radius 3 is 2.83 bits per heavy atom. The Morgan fingerprint density at radius 2 is 2.03 bits per heavy atom. The predicted octanol–water partition coefficient (Wildman–Crippen LogP) is 3.83. The molecule has 8 heteroatoms. The van der Waals surface area contributed by atoms with Gasteiger partial charge in [-0.05, 0) is 44.2 Å². The van der Waals surface area contributed by atoms with Crippen molar-refractivity contribution in [3.8, 4) is 0 Å². The smallest absolute Gasteiger partial charge is 0.303 e. The number of pyridine rings is 1. The fraction of sp³-hybridized carbons (Fsp3) is 0.429. The second-order valence-corrected chi connectivity index (χ2v) is 8.99. The van der Waals surface area contributed by atoms with E-state index in [0.29, 0.717) is 37.6 Å². The Labute approximate surface area is 169 Å². The molecule has 1 heterocycles. The molecule has 2 aromatic rings. The quantitative estimate of drug-likeness (QED) is 0.475. The molecule has 29 heavy (non-hydrogen) atoms. The van der Waals surface area contributed by atoms with E-state index in [1.807, 2.05) is 12.2 Å². The SMILES string of the molecule is O=C(O)CCC/C=C\C[C@H]1[C@H](F)CC[C@@H]1NS(=O)(=O)c1cccc2cccnc12. The third-order valence-electron chi connectivity index (χ3n) is 5.26. The van der Waals surface area contributed by atoms with Gasteiger partial charge in [-0.2, -0.15) is 0 Å². The fourth-order valence-electron chi connectivity index (χ4n) is 3.78. The van der Waals surface area contributed by atoms with Gasteiger partial charge in [-0.1, -0.05) is 30.4 Å². The van der Waals surface area contributed by atoms with Gasteiger partial charge in [0.1, 0.15) is 11.1 Å². The Morgan fingerprint density at radius 1 is 1.24 bits per heavy atom. The molecule has 1 aromatic carbocycles. The molecule has 1 aliphatic rings. The summed E-state index contributed by atoms with van der Waals surface area (Å²) in [6, 6.07) is 8.03. The number of para-hydroxylation sites is 1. The van der Waals surface area contributed by atoms with Gasteiger partial charge in [0.25, 0.3) is 0 Å². The lowest BCUT2D eigenvalue weighted by molar-refractivity contribution is -0.137. The topological polar surface area (TPSA) is 96.4 Å². The number of benzene rings is 1. The number of halogens is 1. The molecule has 1 fully saturated rings.